The van der Waals surface area contributed by atoms with Crippen molar-refractivity contribution in [2.45, 2.75) is 39.2 Å². The first-order valence-corrected chi connectivity index (χ1v) is 9.64. The van der Waals surface area contributed by atoms with E-state index in [4.69, 9.17) is 0 Å². The molecule has 0 bridgehead atoms. The first kappa shape index (κ1) is 17.9. The molecular weight excluding hydrogens is 336 g/mol. The molecule has 1 atom stereocenters. The molecule has 0 aliphatic carbocycles. The van der Waals surface area contributed by atoms with Gasteiger partial charge < -0.3 is 4.57 Å². The number of aromatic nitrogens is 3. The number of fused-ring (bicyclic) bond motifs is 1. The normalized spacial score (nSPS) is 17.7. The molecule has 5 heteroatoms. The van der Waals surface area contributed by atoms with Gasteiger partial charge in [0.1, 0.15) is 5.82 Å². The fraction of sp³-hybridized carbons (Fsp3) is 0.409. The lowest BCUT2D eigenvalue weighted by Crippen LogP contribution is -2.33. The summed E-state index contributed by atoms with van der Waals surface area (Å²) in [5.41, 5.74) is 3.06. The SMILES string of the molecule is Cc1ncc(-c2ccc3cnc(CC(=O)CN4CCC[C@H]4C)cc3c2)n1C. The molecule has 0 N–H and O–H groups in total. The van der Waals surface area contributed by atoms with Crippen LogP contribution in [0.4, 0.5) is 0 Å². The number of benzene rings is 1. The van der Waals surface area contributed by atoms with Gasteiger partial charge in [-0.2, -0.15) is 0 Å². The molecule has 3 aromatic rings. The predicted molar refractivity (Wildman–Crippen MR) is 108 cm³/mol. The highest BCUT2D eigenvalue weighted by atomic mass is 16.1. The minimum Gasteiger partial charge on any atom is -0.331 e. The largest absolute Gasteiger partial charge is 0.331 e. The van der Waals surface area contributed by atoms with Crippen LogP contribution in [0, 0.1) is 6.92 Å². The number of hydrogen-bond acceptors (Lipinski definition) is 4. The summed E-state index contributed by atoms with van der Waals surface area (Å²) in [6.07, 6.45) is 6.55. The Bertz CT molecular complexity index is 991. The number of imidazole rings is 1. The van der Waals surface area contributed by atoms with Gasteiger partial charge in [0.05, 0.1) is 24.9 Å². The lowest BCUT2D eigenvalue weighted by atomic mass is 10.0. The summed E-state index contributed by atoms with van der Waals surface area (Å²) in [4.78, 5) is 23.7. The monoisotopic (exact) mass is 362 g/mol. The van der Waals surface area contributed by atoms with Crippen molar-refractivity contribution in [3.63, 3.8) is 0 Å². The Hall–Kier alpha value is -2.53. The topological polar surface area (TPSA) is 51.0 Å². The van der Waals surface area contributed by atoms with Gasteiger partial charge in [-0.15, -0.1) is 0 Å². The van der Waals surface area contributed by atoms with Crippen LogP contribution in [0.1, 0.15) is 31.3 Å². The van der Waals surface area contributed by atoms with Gasteiger partial charge in [-0.25, -0.2) is 4.98 Å². The number of carbonyl (C=O) groups is 1. The number of Topliss-reactive ketones (excluding diaryl/α,β-unsaturated/α-hetero) is 1. The molecule has 0 amide bonds. The van der Waals surface area contributed by atoms with Crippen LogP contribution < -0.4 is 0 Å². The van der Waals surface area contributed by atoms with Crippen molar-refractivity contribution in [1.82, 2.24) is 19.4 Å². The van der Waals surface area contributed by atoms with Crippen molar-refractivity contribution in [2.75, 3.05) is 13.1 Å². The molecule has 2 aromatic heterocycles. The zero-order valence-electron chi connectivity index (χ0n) is 16.3. The Morgan fingerprint density at radius 3 is 2.74 bits per heavy atom. The second-order valence-electron chi connectivity index (χ2n) is 7.66. The van der Waals surface area contributed by atoms with Gasteiger partial charge in [0.25, 0.3) is 0 Å². The molecule has 0 radical (unpaired) electrons. The van der Waals surface area contributed by atoms with E-state index in [0.29, 0.717) is 19.0 Å². The van der Waals surface area contributed by atoms with Crippen LogP contribution >= 0.6 is 0 Å². The molecule has 1 saturated heterocycles. The van der Waals surface area contributed by atoms with E-state index in [0.717, 1.165) is 40.1 Å². The maximum Gasteiger partial charge on any atom is 0.152 e. The number of aryl methyl sites for hydroxylation is 1. The van der Waals surface area contributed by atoms with Crippen LogP contribution in [0.5, 0.6) is 0 Å². The smallest absolute Gasteiger partial charge is 0.152 e. The zero-order valence-corrected chi connectivity index (χ0v) is 16.3. The molecule has 3 heterocycles. The van der Waals surface area contributed by atoms with Crippen LogP contribution in [0.2, 0.25) is 0 Å². The Morgan fingerprint density at radius 2 is 2.04 bits per heavy atom. The third-order valence-electron chi connectivity index (χ3n) is 5.74. The average molecular weight is 362 g/mol. The number of ketones is 1. The van der Waals surface area contributed by atoms with Crippen LogP contribution in [0.3, 0.4) is 0 Å². The fourth-order valence-electron chi connectivity index (χ4n) is 3.92. The Kier molecular flexibility index (Phi) is 4.79. The van der Waals surface area contributed by atoms with Crippen molar-refractivity contribution in [1.29, 1.82) is 0 Å². The number of carbonyl (C=O) groups excluding carboxylic acids is 1. The van der Waals surface area contributed by atoms with Crippen LogP contribution in [-0.4, -0.2) is 44.3 Å². The maximum atomic E-state index is 12.5. The van der Waals surface area contributed by atoms with Gasteiger partial charge in [0, 0.05) is 35.9 Å². The second kappa shape index (κ2) is 7.24. The molecule has 5 nitrogen and oxygen atoms in total. The molecular formula is C22H26N4O. The summed E-state index contributed by atoms with van der Waals surface area (Å²) < 4.78 is 2.09. The third-order valence-corrected chi connectivity index (χ3v) is 5.74. The van der Waals surface area contributed by atoms with Crippen LogP contribution in [-0.2, 0) is 18.3 Å². The van der Waals surface area contributed by atoms with Crippen molar-refractivity contribution in [3.8, 4) is 11.3 Å². The molecule has 140 valence electrons. The summed E-state index contributed by atoms with van der Waals surface area (Å²) in [7, 11) is 2.03. The molecule has 1 aliphatic rings. The highest BCUT2D eigenvalue weighted by molar-refractivity contribution is 5.88. The summed E-state index contributed by atoms with van der Waals surface area (Å²) in [5.74, 6) is 1.23. The van der Waals surface area contributed by atoms with Crippen molar-refractivity contribution < 1.29 is 4.79 Å². The predicted octanol–water partition coefficient (Wildman–Crippen LogP) is 3.54. The van der Waals surface area contributed by atoms with Gasteiger partial charge in [-0.05, 0) is 50.8 Å². The average Bonchev–Trinajstić information content (AvgIpc) is 3.20. The van der Waals surface area contributed by atoms with Crippen LogP contribution in [0.25, 0.3) is 22.0 Å². The zero-order chi connectivity index (χ0) is 19.0. The standard InChI is InChI=1S/C22H26N4O/c1-15-5-4-8-26(15)14-21(27)11-20-10-19-9-17(6-7-18(19)12-24-20)22-13-23-16(2)25(22)3/h6-7,9-10,12-13,15H,4-5,8,11,14H2,1-3H3/t15-/m1/s1. The minimum absolute atomic E-state index is 0.244. The quantitative estimate of drug-likeness (QED) is 0.697. The highest BCUT2D eigenvalue weighted by Gasteiger charge is 2.22. The summed E-state index contributed by atoms with van der Waals surface area (Å²) in [6, 6.07) is 8.90. The van der Waals surface area contributed by atoms with E-state index >= 15 is 0 Å². The van der Waals surface area contributed by atoms with Crippen molar-refractivity contribution in [3.05, 3.63) is 48.2 Å². The summed E-state index contributed by atoms with van der Waals surface area (Å²) in [5, 5.41) is 2.20. The number of nitrogens with zero attached hydrogens (tertiary/aromatic N) is 4. The Morgan fingerprint density at radius 1 is 1.19 bits per heavy atom. The molecule has 0 unspecified atom stereocenters. The van der Waals surface area contributed by atoms with Gasteiger partial charge in [-0.1, -0.05) is 12.1 Å². The molecule has 0 saturated carbocycles. The number of likely N-dealkylation sites (tertiary alicyclic amines) is 1. The van der Waals surface area contributed by atoms with Gasteiger partial charge in [0.2, 0.25) is 0 Å². The molecule has 1 aliphatic heterocycles. The maximum absolute atomic E-state index is 12.5. The lowest BCUT2D eigenvalue weighted by molar-refractivity contribution is -0.119. The second-order valence-corrected chi connectivity index (χ2v) is 7.66. The third kappa shape index (κ3) is 3.65. The van der Waals surface area contributed by atoms with E-state index in [-0.39, 0.29) is 5.78 Å². The molecule has 1 fully saturated rings. The van der Waals surface area contributed by atoms with Crippen LogP contribution in [0.15, 0.2) is 36.7 Å². The molecule has 1 aromatic carbocycles. The number of rotatable bonds is 5. The van der Waals surface area contributed by atoms with E-state index in [1.807, 2.05) is 32.4 Å². The van der Waals surface area contributed by atoms with Crippen molar-refractivity contribution in [2.24, 2.45) is 7.05 Å². The highest BCUT2D eigenvalue weighted by Crippen LogP contribution is 2.25. The van der Waals surface area contributed by atoms with E-state index in [1.54, 1.807) is 0 Å². The number of hydrogen-bond donors (Lipinski definition) is 0. The molecule has 0 spiro atoms. The van der Waals surface area contributed by atoms with Gasteiger partial charge in [-0.3, -0.25) is 14.7 Å². The van der Waals surface area contributed by atoms with E-state index < -0.39 is 0 Å². The van der Waals surface area contributed by atoms with Crippen molar-refractivity contribution >= 4 is 16.6 Å². The van der Waals surface area contributed by atoms with E-state index in [2.05, 4.69) is 44.6 Å². The minimum atomic E-state index is 0.244. The fourth-order valence-corrected chi connectivity index (χ4v) is 3.92. The number of pyridine rings is 1. The lowest BCUT2D eigenvalue weighted by Gasteiger charge is -2.19. The Labute approximate surface area is 160 Å². The first-order valence-electron chi connectivity index (χ1n) is 9.64. The summed E-state index contributed by atoms with van der Waals surface area (Å²) >= 11 is 0. The molecule has 27 heavy (non-hydrogen) atoms. The first-order chi connectivity index (χ1) is 13.0. The van der Waals surface area contributed by atoms with E-state index in [9.17, 15) is 4.79 Å². The molecule has 4 rings (SSSR count). The summed E-state index contributed by atoms with van der Waals surface area (Å²) in [6.45, 7) is 5.77. The Balaban J connectivity index is 1.55. The van der Waals surface area contributed by atoms with Gasteiger partial charge in [0.15, 0.2) is 5.78 Å². The van der Waals surface area contributed by atoms with Gasteiger partial charge >= 0.3 is 0 Å². The van der Waals surface area contributed by atoms with E-state index in [1.165, 1.54) is 12.8 Å².